The highest BCUT2D eigenvalue weighted by Crippen LogP contribution is 2.25. The first-order valence-electron chi connectivity index (χ1n) is 6.94. The van der Waals surface area contributed by atoms with Crippen LogP contribution in [0, 0.1) is 0 Å². The fraction of sp³-hybridized carbons (Fsp3) is 0.600. The molecule has 0 spiro atoms. The first-order valence-corrected chi connectivity index (χ1v) is 8.90. The monoisotopic (exact) mass is 299 g/mol. The average Bonchev–Trinajstić information content (AvgIpc) is 2.33. The molecule has 4 nitrogen and oxygen atoms in total. The molecule has 5 heteroatoms. The molecule has 1 aromatic rings. The molecule has 0 aromatic heterocycles. The van der Waals surface area contributed by atoms with Crippen molar-refractivity contribution >= 4 is 9.84 Å². The topological polar surface area (TPSA) is 55.4 Å². The van der Waals surface area contributed by atoms with Crippen LogP contribution in [-0.4, -0.2) is 32.6 Å². The fourth-order valence-electron chi connectivity index (χ4n) is 2.08. The summed E-state index contributed by atoms with van der Waals surface area (Å²) in [6, 6.07) is 7.40. The van der Waals surface area contributed by atoms with Crippen molar-refractivity contribution in [2.45, 2.75) is 45.1 Å². The Morgan fingerprint density at radius 1 is 1.25 bits per heavy atom. The van der Waals surface area contributed by atoms with Gasteiger partial charge < -0.3 is 10.1 Å². The van der Waals surface area contributed by atoms with E-state index in [1.165, 1.54) is 6.26 Å². The van der Waals surface area contributed by atoms with Crippen LogP contribution in [0.2, 0.25) is 0 Å². The van der Waals surface area contributed by atoms with Crippen LogP contribution >= 0.6 is 0 Å². The lowest BCUT2D eigenvalue weighted by molar-refractivity contribution is 0.242. The predicted molar refractivity (Wildman–Crippen MR) is 82.9 cm³/mol. The van der Waals surface area contributed by atoms with Gasteiger partial charge in [-0.1, -0.05) is 19.1 Å². The molecule has 0 aliphatic carbocycles. The summed E-state index contributed by atoms with van der Waals surface area (Å²) in [4.78, 5) is 0. The summed E-state index contributed by atoms with van der Waals surface area (Å²) in [5.74, 6) is 0.765. The molecule has 2 atom stereocenters. The molecule has 1 aromatic carbocycles. The Balaban J connectivity index is 3.09. The van der Waals surface area contributed by atoms with Crippen molar-refractivity contribution in [2.24, 2.45) is 0 Å². The van der Waals surface area contributed by atoms with E-state index in [1.54, 1.807) is 6.92 Å². The molecular formula is C15H25NO3S. The zero-order valence-electron chi connectivity index (χ0n) is 12.9. The maximum Gasteiger partial charge on any atom is 0.151 e. The summed E-state index contributed by atoms with van der Waals surface area (Å²) in [5, 5.41) is 2.76. The zero-order valence-corrected chi connectivity index (χ0v) is 13.7. The summed E-state index contributed by atoms with van der Waals surface area (Å²) >= 11 is 0. The van der Waals surface area contributed by atoms with E-state index in [1.807, 2.05) is 45.0 Å². The Labute approximate surface area is 122 Å². The molecule has 0 fully saturated rings. The highest BCUT2D eigenvalue weighted by Gasteiger charge is 2.26. The first kappa shape index (κ1) is 17.0. The van der Waals surface area contributed by atoms with Gasteiger partial charge in [0, 0.05) is 12.3 Å². The Morgan fingerprint density at radius 2 is 1.90 bits per heavy atom. The van der Waals surface area contributed by atoms with Crippen molar-refractivity contribution in [1.29, 1.82) is 0 Å². The molecule has 0 saturated heterocycles. The van der Waals surface area contributed by atoms with Gasteiger partial charge in [-0.05, 0) is 45.0 Å². The number of sulfone groups is 1. The van der Waals surface area contributed by atoms with Crippen molar-refractivity contribution in [3.8, 4) is 5.75 Å². The summed E-state index contributed by atoms with van der Waals surface area (Å²) in [7, 11) is -3.11. The summed E-state index contributed by atoms with van der Waals surface area (Å²) in [5.41, 5.74) is 0.933. The number of nitrogens with one attached hydrogen (secondary N) is 1. The Morgan fingerprint density at radius 3 is 2.40 bits per heavy atom. The molecule has 0 heterocycles. The summed E-state index contributed by atoms with van der Waals surface area (Å²) in [6.45, 7) is 8.34. The van der Waals surface area contributed by atoms with Crippen molar-refractivity contribution in [2.75, 3.05) is 12.8 Å². The van der Waals surface area contributed by atoms with Crippen molar-refractivity contribution in [3.63, 3.8) is 0 Å². The van der Waals surface area contributed by atoms with E-state index >= 15 is 0 Å². The van der Waals surface area contributed by atoms with Crippen LogP contribution in [0.4, 0.5) is 0 Å². The molecule has 0 aliphatic heterocycles. The molecular weight excluding hydrogens is 274 g/mol. The van der Waals surface area contributed by atoms with Crippen molar-refractivity contribution < 1.29 is 13.2 Å². The minimum absolute atomic E-state index is 0.0927. The standard InChI is InChI=1S/C15H25NO3S/c1-6-16-15(12(4)20(5,17)18)13-8-7-9-14(10-13)19-11(2)3/h7-12,15-16H,6H2,1-5H3. The molecule has 0 bridgehead atoms. The van der Waals surface area contributed by atoms with Crippen LogP contribution in [0.15, 0.2) is 24.3 Å². The van der Waals surface area contributed by atoms with Gasteiger partial charge in [-0.15, -0.1) is 0 Å². The van der Waals surface area contributed by atoms with E-state index in [2.05, 4.69) is 5.32 Å². The van der Waals surface area contributed by atoms with Gasteiger partial charge in [-0.2, -0.15) is 0 Å². The molecule has 20 heavy (non-hydrogen) atoms. The highest BCUT2D eigenvalue weighted by molar-refractivity contribution is 7.91. The van der Waals surface area contributed by atoms with E-state index in [-0.39, 0.29) is 12.1 Å². The van der Waals surface area contributed by atoms with Gasteiger partial charge in [-0.25, -0.2) is 8.42 Å². The number of hydrogen-bond acceptors (Lipinski definition) is 4. The van der Waals surface area contributed by atoms with Gasteiger partial charge in [0.2, 0.25) is 0 Å². The van der Waals surface area contributed by atoms with Gasteiger partial charge in [0.05, 0.1) is 11.4 Å². The quantitative estimate of drug-likeness (QED) is 0.840. The second-order valence-electron chi connectivity index (χ2n) is 5.31. The molecule has 114 valence electrons. The third-order valence-electron chi connectivity index (χ3n) is 3.16. The van der Waals surface area contributed by atoms with Gasteiger partial charge in [0.25, 0.3) is 0 Å². The molecule has 1 rings (SSSR count). The molecule has 1 N–H and O–H groups in total. The van der Waals surface area contributed by atoms with Crippen LogP contribution in [0.5, 0.6) is 5.75 Å². The third-order valence-corrected chi connectivity index (χ3v) is 4.78. The molecule has 0 amide bonds. The van der Waals surface area contributed by atoms with Crippen LogP contribution in [0.1, 0.15) is 39.3 Å². The Kier molecular flexibility index (Phi) is 6.02. The molecule has 2 unspecified atom stereocenters. The van der Waals surface area contributed by atoms with Gasteiger partial charge in [0.15, 0.2) is 9.84 Å². The first-order chi connectivity index (χ1) is 9.25. The third kappa shape index (κ3) is 4.80. The van der Waals surface area contributed by atoms with E-state index in [9.17, 15) is 8.42 Å². The van der Waals surface area contributed by atoms with Gasteiger partial charge in [-0.3, -0.25) is 0 Å². The molecule has 0 aliphatic rings. The fourth-order valence-corrected chi connectivity index (χ4v) is 2.82. The van der Waals surface area contributed by atoms with Crippen LogP contribution in [0.3, 0.4) is 0 Å². The van der Waals surface area contributed by atoms with Crippen LogP contribution in [-0.2, 0) is 9.84 Å². The summed E-state index contributed by atoms with van der Waals surface area (Å²) in [6.07, 6.45) is 1.37. The number of benzene rings is 1. The SMILES string of the molecule is CCNC(c1cccc(OC(C)C)c1)C(C)S(C)(=O)=O. The van der Waals surface area contributed by atoms with E-state index in [0.29, 0.717) is 6.54 Å². The van der Waals surface area contributed by atoms with Crippen molar-refractivity contribution in [3.05, 3.63) is 29.8 Å². The second-order valence-corrected chi connectivity index (χ2v) is 7.71. The van der Waals surface area contributed by atoms with Crippen molar-refractivity contribution in [1.82, 2.24) is 5.32 Å². The normalized spacial score (nSPS) is 15.1. The molecule has 0 saturated carbocycles. The lowest BCUT2D eigenvalue weighted by Crippen LogP contribution is -2.35. The zero-order chi connectivity index (χ0) is 15.3. The Bertz CT molecular complexity index is 526. The molecule has 0 radical (unpaired) electrons. The average molecular weight is 299 g/mol. The van der Waals surface area contributed by atoms with Crippen LogP contribution in [0.25, 0.3) is 0 Å². The minimum Gasteiger partial charge on any atom is -0.491 e. The highest BCUT2D eigenvalue weighted by atomic mass is 32.2. The number of hydrogen-bond donors (Lipinski definition) is 1. The predicted octanol–water partition coefficient (Wildman–Crippen LogP) is 2.56. The number of ether oxygens (including phenoxy) is 1. The van der Waals surface area contributed by atoms with Crippen LogP contribution < -0.4 is 10.1 Å². The lowest BCUT2D eigenvalue weighted by Gasteiger charge is -2.24. The largest absolute Gasteiger partial charge is 0.491 e. The lowest BCUT2D eigenvalue weighted by atomic mass is 10.0. The van der Waals surface area contributed by atoms with Gasteiger partial charge >= 0.3 is 0 Å². The van der Waals surface area contributed by atoms with Gasteiger partial charge in [0.1, 0.15) is 5.75 Å². The minimum atomic E-state index is -3.11. The summed E-state index contributed by atoms with van der Waals surface area (Å²) < 4.78 is 29.3. The Hall–Kier alpha value is -1.07. The second kappa shape index (κ2) is 7.09. The maximum absolute atomic E-state index is 11.8. The smallest absolute Gasteiger partial charge is 0.151 e. The van der Waals surface area contributed by atoms with E-state index in [0.717, 1.165) is 11.3 Å². The maximum atomic E-state index is 11.8. The number of rotatable bonds is 7. The van der Waals surface area contributed by atoms with E-state index in [4.69, 9.17) is 4.74 Å². The van der Waals surface area contributed by atoms with E-state index < -0.39 is 15.1 Å².